The van der Waals surface area contributed by atoms with Gasteiger partial charge >= 0.3 is 0 Å². The number of rotatable bonds is 4. The van der Waals surface area contributed by atoms with E-state index in [2.05, 4.69) is 21.6 Å². The van der Waals surface area contributed by atoms with Crippen molar-refractivity contribution in [2.45, 2.75) is 12.6 Å². The van der Waals surface area contributed by atoms with Crippen molar-refractivity contribution in [3.05, 3.63) is 70.2 Å². The minimum absolute atomic E-state index is 0.0577. The standard InChI is InChI=1S/C19H22ClN3O/c1-21-19(24)15-8-6-14(7-9-15)13-23-11-10-22-12-18(23)16-4-2-3-5-17(16)20/h2-9,18,22H,10-13H2,1H3,(H,21,24). The van der Waals surface area contributed by atoms with Crippen LogP contribution in [0, 0.1) is 0 Å². The predicted molar refractivity (Wildman–Crippen MR) is 97.3 cm³/mol. The molecule has 126 valence electrons. The molecule has 1 saturated heterocycles. The molecule has 0 spiro atoms. The minimum Gasteiger partial charge on any atom is -0.355 e. The Morgan fingerprint density at radius 3 is 2.71 bits per heavy atom. The molecule has 1 amide bonds. The van der Waals surface area contributed by atoms with Crippen LogP contribution in [0.3, 0.4) is 0 Å². The molecule has 4 nitrogen and oxygen atoms in total. The summed E-state index contributed by atoms with van der Waals surface area (Å²) in [5, 5.41) is 6.91. The van der Waals surface area contributed by atoms with Gasteiger partial charge in [0.05, 0.1) is 0 Å². The Labute approximate surface area is 147 Å². The van der Waals surface area contributed by atoms with Crippen molar-refractivity contribution in [2.75, 3.05) is 26.7 Å². The molecule has 0 bridgehead atoms. The first-order chi connectivity index (χ1) is 11.7. The molecular formula is C19H22ClN3O. The molecule has 2 N–H and O–H groups in total. The minimum atomic E-state index is -0.0577. The van der Waals surface area contributed by atoms with E-state index in [0.717, 1.165) is 36.8 Å². The van der Waals surface area contributed by atoms with E-state index >= 15 is 0 Å². The number of benzene rings is 2. The van der Waals surface area contributed by atoms with Gasteiger partial charge in [-0.05, 0) is 29.3 Å². The van der Waals surface area contributed by atoms with Crippen LogP contribution < -0.4 is 10.6 Å². The quantitative estimate of drug-likeness (QED) is 0.897. The highest BCUT2D eigenvalue weighted by Gasteiger charge is 2.25. The SMILES string of the molecule is CNC(=O)c1ccc(CN2CCNCC2c2ccccc2Cl)cc1. The Hall–Kier alpha value is -1.88. The summed E-state index contributed by atoms with van der Waals surface area (Å²) < 4.78 is 0. The van der Waals surface area contributed by atoms with Crippen LogP contribution in [0.2, 0.25) is 5.02 Å². The summed E-state index contributed by atoms with van der Waals surface area (Å²) >= 11 is 6.40. The number of carbonyl (C=O) groups excluding carboxylic acids is 1. The van der Waals surface area contributed by atoms with E-state index in [9.17, 15) is 4.79 Å². The van der Waals surface area contributed by atoms with Gasteiger partial charge in [-0.2, -0.15) is 0 Å². The lowest BCUT2D eigenvalue weighted by atomic mass is 10.0. The molecule has 3 rings (SSSR count). The molecule has 1 fully saturated rings. The molecule has 1 aliphatic heterocycles. The highest BCUT2D eigenvalue weighted by atomic mass is 35.5. The average Bonchev–Trinajstić information content (AvgIpc) is 2.63. The zero-order chi connectivity index (χ0) is 16.9. The summed E-state index contributed by atoms with van der Waals surface area (Å²) in [6.07, 6.45) is 0. The van der Waals surface area contributed by atoms with Crippen LogP contribution >= 0.6 is 11.6 Å². The number of nitrogens with one attached hydrogen (secondary N) is 2. The third kappa shape index (κ3) is 3.78. The smallest absolute Gasteiger partial charge is 0.251 e. The molecule has 0 aliphatic carbocycles. The second-order valence-electron chi connectivity index (χ2n) is 5.99. The first-order valence-electron chi connectivity index (χ1n) is 8.19. The molecule has 0 radical (unpaired) electrons. The van der Waals surface area contributed by atoms with Gasteiger partial charge in [0.2, 0.25) is 0 Å². The van der Waals surface area contributed by atoms with Gasteiger partial charge in [0.25, 0.3) is 5.91 Å². The van der Waals surface area contributed by atoms with Gasteiger partial charge in [0.15, 0.2) is 0 Å². The largest absolute Gasteiger partial charge is 0.355 e. The maximum absolute atomic E-state index is 11.6. The topological polar surface area (TPSA) is 44.4 Å². The van der Waals surface area contributed by atoms with Crippen LogP contribution in [0.4, 0.5) is 0 Å². The molecule has 1 unspecified atom stereocenters. The third-order valence-corrected chi connectivity index (χ3v) is 4.79. The lowest BCUT2D eigenvalue weighted by Gasteiger charge is -2.37. The van der Waals surface area contributed by atoms with Gasteiger partial charge in [-0.25, -0.2) is 0 Å². The van der Waals surface area contributed by atoms with Crippen molar-refractivity contribution in [3.63, 3.8) is 0 Å². The number of carbonyl (C=O) groups is 1. The van der Waals surface area contributed by atoms with Crippen molar-refractivity contribution in [3.8, 4) is 0 Å². The Morgan fingerprint density at radius 2 is 2.00 bits per heavy atom. The van der Waals surface area contributed by atoms with Crippen molar-refractivity contribution in [1.29, 1.82) is 0 Å². The van der Waals surface area contributed by atoms with E-state index < -0.39 is 0 Å². The second-order valence-corrected chi connectivity index (χ2v) is 6.40. The Bertz CT molecular complexity index is 702. The van der Waals surface area contributed by atoms with Crippen LogP contribution in [0.25, 0.3) is 0 Å². The van der Waals surface area contributed by atoms with Crippen molar-refractivity contribution < 1.29 is 4.79 Å². The van der Waals surface area contributed by atoms with Gasteiger partial charge in [0.1, 0.15) is 0 Å². The molecule has 1 heterocycles. The van der Waals surface area contributed by atoms with Crippen LogP contribution in [-0.4, -0.2) is 37.5 Å². The fourth-order valence-corrected chi connectivity index (χ4v) is 3.39. The number of amides is 1. The molecule has 5 heteroatoms. The van der Waals surface area contributed by atoms with Gasteiger partial charge < -0.3 is 10.6 Å². The lowest BCUT2D eigenvalue weighted by Crippen LogP contribution is -2.45. The molecule has 0 saturated carbocycles. The van der Waals surface area contributed by atoms with Gasteiger partial charge in [-0.1, -0.05) is 41.9 Å². The number of nitrogens with zero attached hydrogens (tertiary/aromatic N) is 1. The first kappa shape index (κ1) is 17.0. The summed E-state index contributed by atoms with van der Waals surface area (Å²) in [5.41, 5.74) is 3.04. The number of piperazine rings is 1. The van der Waals surface area contributed by atoms with Crippen LogP contribution in [0.1, 0.15) is 27.5 Å². The predicted octanol–water partition coefficient (Wildman–Crippen LogP) is 2.85. The van der Waals surface area contributed by atoms with Crippen LogP contribution in [0.15, 0.2) is 48.5 Å². The monoisotopic (exact) mass is 343 g/mol. The molecule has 2 aromatic rings. The zero-order valence-corrected chi connectivity index (χ0v) is 14.5. The summed E-state index contributed by atoms with van der Waals surface area (Å²) in [6, 6.07) is 16.1. The summed E-state index contributed by atoms with van der Waals surface area (Å²) in [7, 11) is 1.64. The van der Waals surface area contributed by atoms with Crippen LogP contribution in [-0.2, 0) is 6.54 Å². The van der Waals surface area contributed by atoms with E-state index in [4.69, 9.17) is 11.6 Å². The molecule has 24 heavy (non-hydrogen) atoms. The Morgan fingerprint density at radius 1 is 1.25 bits per heavy atom. The third-order valence-electron chi connectivity index (χ3n) is 4.45. The van der Waals surface area contributed by atoms with E-state index in [0.29, 0.717) is 5.56 Å². The van der Waals surface area contributed by atoms with Crippen molar-refractivity contribution in [1.82, 2.24) is 15.5 Å². The molecule has 1 aliphatic rings. The first-order valence-corrected chi connectivity index (χ1v) is 8.57. The number of halogens is 1. The van der Waals surface area contributed by atoms with Crippen molar-refractivity contribution >= 4 is 17.5 Å². The fraction of sp³-hybridized carbons (Fsp3) is 0.316. The second kappa shape index (κ2) is 7.79. The van der Waals surface area contributed by atoms with Gasteiger partial charge in [-0.3, -0.25) is 9.69 Å². The van der Waals surface area contributed by atoms with Gasteiger partial charge in [0, 0.05) is 49.9 Å². The summed E-state index contributed by atoms with van der Waals surface area (Å²) in [6.45, 7) is 3.66. The van der Waals surface area contributed by atoms with E-state index in [1.807, 2.05) is 42.5 Å². The molecular weight excluding hydrogens is 322 g/mol. The van der Waals surface area contributed by atoms with Crippen molar-refractivity contribution in [2.24, 2.45) is 0 Å². The Kier molecular flexibility index (Phi) is 5.51. The normalized spacial score (nSPS) is 18.3. The lowest BCUT2D eigenvalue weighted by molar-refractivity contribution is 0.0963. The van der Waals surface area contributed by atoms with E-state index in [-0.39, 0.29) is 11.9 Å². The highest BCUT2D eigenvalue weighted by Crippen LogP contribution is 2.29. The van der Waals surface area contributed by atoms with Gasteiger partial charge in [-0.15, -0.1) is 0 Å². The number of hydrogen-bond donors (Lipinski definition) is 2. The molecule has 1 atom stereocenters. The Balaban J connectivity index is 1.77. The molecule has 2 aromatic carbocycles. The average molecular weight is 344 g/mol. The molecule has 0 aromatic heterocycles. The van der Waals surface area contributed by atoms with Crippen LogP contribution in [0.5, 0.6) is 0 Å². The summed E-state index contributed by atoms with van der Waals surface area (Å²) in [5.74, 6) is -0.0577. The number of hydrogen-bond acceptors (Lipinski definition) is 3. The summed E-state index contributed by atoms with van der Waals surface area (Å²) in [4.78, 5) is 14.1. The highest BCUT2D eigenvalue weighted by molar-refractivity contribution is 6.31. The van der Waals surface area contributed by atoms with E-state index in [1.165, 1.54) is 5.56 Å². The maximum atomic E-state index is 11.6. The van der Waals surface area contributed by atoms with E-state index in [1.54, 1.807) is 7.05 Å². The zero-order valence-electron chi connectivity index (χ0n) is 13.8. The fourth-order valence-electron chi connectivity index (χ4n) is 3.13. The maximum Gasteiger partial charge on any atom is 0.251 e.